The number of carbonyl (C=O) groups excluding carboxylic acids is 5. The fourth-order valence-electron chi connectivity index (χ4n) is 3.65. The number of carbonyl (C=O) groups is 6. The molecule has 0 spiro atoms. The molecule has 5 amide bonds. The molecule has 0 fully saturated rings. The molecule has 3 unspecified atom stereocenters. The van der Waals surface area contributed by atoms with Crippen LogP contribution in [-0.4, -0.2) is 72.5 Å². The van der Waals surface area contributed by atoms with E-state index in [-0.39, 0.29) is 38.3 Å². The topological polar surface area (TPSA) is 230 Å². The number of primary amides is 1. The van der Waals surface area contributed by atoms with Gasteiger partial charge in [0.25, 0.3) is 0 Å². The van der Waals surface area contributed by atoms with Gasteiger partial charge in [-0.15, -0.1) is 0 Å². The van der Waals surface area contributed by atoms with Crippen molar-refractivity contribution in [2.45, 2.75) is 85.0 Å². The molecule has 0 saturated carbocycles. The lowest BCUT2D eigenvalue weighted by Gasteiger charge is -2.27. The van der Waals surface area contributed by atoms with E-state index in [0.29, 0.717) is 17.7 Å². The van der Waals surface area contributed by atoms with Gasteiger partial charge in [-0.2, -0.15) is 0 Å². The second-order valence-corrected chi connectivity index (χ2v) is 9.57. The summed E-state index contributed by atoms with van der Waals surface area (Å²) in [5.74, 6) is -3.60. The van der Waals surface area contributed by atoms with E-state index in [4.69, 9.17) is 15.6 Å². The summed E-state index contributed by atoms with van der Waals surface area (Å²) in [5.41, 5.74) is 11.5. The minimum absolute atomic E-state index is 0.0218. The second-order valence-electron chi connectivity index (χ2n) is 9.57. The number of hydrogen-bond acceptors (Lipinski definition) is 9. The molecule has 15 heteroatoms. The van der Waals surface area contributed by atoms with Gasteiger partial charge in [-0.3, -0.25) is 29.4 Å². The third-order valence-electron chi connectivity index (χ3n) is 5.79. The Balaban J connectivity index is 0.00000862. The van der Waals surface area contributed by atoms with E-state index in [2.05, 4.69) is 32.1 Å². The molecule has 0 radical (unpaired) electrons. The average molecular weight is 610 g/mol. The molecule has 0 aromatic heterocycles. The molecular formula is C28H47N7O8. The first-order valence-electron chi connectivity index (χ1n) is 14.1. The normalized spacial score (nSPS) is 12.4. The zero-order valence-electron chi connectivity index (χ0n) is 25.7. The van der Waals surface area contributed by atoms with E-state index in [1.54, 1.807) is 38.1 Å². The SMILES string of the molecule is CC.CNNC(CCC(=O)O)C(=O)NC(C(=O)NC(CCCNC(N)=O)C(=O)Nc1ccc(COC(C)=O)cc1)C(C)C. The van der Waals surface area contributed by atoms with E-state index >= 15 is 0 Å². The number of benzene rings is 1. The zero-order chi connectivity index (χ0) is 32.9. The Kier molecular flexibility index (Phi) is 19.3. The van der Waals surface area contributed by atoms with E-state index in [1.807, 2.05) is 13.8 Å². The number of esters is 1. The van der Waals surface area contributed by atoms with Crippen molar-refractivity contribution in [3.05, 3.63) is 29.8 Å². The fraction of sp³-hybridized carbons (Fsp3) is 0.571. The number of anilines is 1. The van der Waals surface area contributed by atoms with Crippen LogP contribution in [0.2, 0.25) is 0 Å². The number of nitrogens with one attached hydrogen (secondary N) is 6. The van der Waals surface area contributed by atoms with Gasteiger partial charge in [0.05, 0.1) is 0 Å². The molecule has 1 rings (SSSR count). The number of carboxylic acid groups (broad SMARTS) is 1. The van der Waals surface area contributed by atoms with Crippen molar-refractivity contribution in [3.8, 4) is 0 Å². The lowest BCUT2D eigenvalue weighted by molar-refractivity contribution is -0.142. The van der Waals surface area contributed by atoms with Crippen molar-refractivity contribution in [3.63, 3.8) is 0 Å². The third kappa shape index (κ3) is 16.7. The summed E-state index contributed by atoms with van der Waals surface area (Å²) in [6, 6.07) is 2.87. The van der Waals surface area contributed by atoms with E-state index < -0.39 is 53.8 Å². The third-order valence-corrected chi connectivity index (χ3v) is 5.79. The maximum Gasteiger partial charge on any atom is 0.312 e. The molecular weight excluding hydrogens is 562 g/mol. The number of rotatable bonds is 18. The molecule has 0 aliphatic heterocycles. The molecule has 1 aromatic rings. The minimum atomic E-state index is -1.07. The number of hydrogen-bond donors (Lipinski definition) is 8. The number of urea groups is 1. The van der Waals surface area contributed by atoms with Crippen LogP contribution in [0.5, 0.6) is 0 Å². The number of nitrogens with two attached hydrogens (primary N) is 1. The van der Waals surface area contributed by atoms with Crippen molar-refractivity contribution in [2.75, 3.05) is 18.9 Å². The first-order chi connectivity index (χ1) is 20.3. The number of aliphatic carboxylic acids is 1. The van der Waals surface area contributed by atoms with Crippen LogP contribution < -0.4 is 37.9 Å². The smallest absolute Gasteiger partial charge is 0.312 e. The van der Waals surface area contributed by atoms with Gasteiger partial charge >= 0.3 is 18.0 Å². The standard InChI is InChI=1S/C26H41N7O8.C2H6/c1-15(2)22(32-24(38)20(33-28-4)11-12-21(35)36)25(39)31-19(6-5-13-29-26(27)40)23(37)30-18-9-7-17(8-10-18)14-41-16(3)34;1-2/h7-10,15,19-20,22,28,33H,5-6,11-14H2,1-4H3,(H,30,37)(H,31,39)(H,32,38)(H,35,36)(H3,27,29,40);1-2H3. The highest BCUT2D eigenvalue weighted by Crippen LogP contribution is 2.13. The summed E-state index contributed by atoms with van der Waals surface area (Å²) in [6.45, 7) is 8.98. The Bertz CT molecular complexity index is 1050. The van der Waals surface area contributed by atoms with Crippen molar-refractivity contribution < 1.29 is 38.6 Å². The molecule has 3 atom stereocenters. The lowest BCUT2D eigenvalue weighted by atomic mass is 10.0. The molecule has 15 nitrogen and oxygen atoms in total. The maximum atomic E-state index is 13.3. The molecule has 0 saturated heterocycles. The van der Waals surface area contributed by atoms with Crippen LogP contribution in [0.3, 0.4) is 0 Å². The van der Waals surface area contributed by atoms with Crippen LogP contribution in [0.4, 0.5) is 10.5 Å². The van der Waals surface area contributed by atoms with E-state index in [1.165, 1.54) is 14.0 Å². The predicted octanol–water partition coefficient (Wildman–Crippen LogP) is 0.746. The molecule has 0 heterocycles. The van der Waals surface area contributed by atoms with Gasteiger partial charge in [0.15, 0.2) is 0 Å². The van der Waals surface area contributed by atoms with Gasteiger partial charge in [-0.05, 0) is 49.9 Å². The Morgan fingerprint density at radius 3 is 2.05 bits per heavy atom. The second kappa shape index (κ2) is 21.5. The minimum Gasteiger partial charge on any atom is -0.481 e. The number of amides is 5. The average Bonchev–Trinajstić information content (AvgIpc) is 2.95. The molecule has 0 aliphatic rings. The molecule has 0 aliphatic carbocycles. The largest absolute Gasteiger partial charge is 0.481 e. The molecule has 0 bridgehead atoms. The summed E-state index contributed by atoms with van der Waals surface area (Å²) >= 11 is 0. The van der Waals surface area contributed by atoms with Crippen molar-refractivity contribution in [2.24, 2.45) is 11.7 Å². The van der Waals surface area contributed by atoms with Crippen LogP contribution >= 0.6 is 0 Å². The Morgan fingerprint density at radius 1 is 0.907 bits per heavy atom. The van der Waals surface area contributed by atoms with Crippen molar-refractivity contribution in [1.29, 1.82) is 0 Å². The highest BCUT2D eigenvalue weighted by molar-refractivity contribution is 5.98. The summed E-state index contributed by atoms with van der Waals surface area (Å²) in [7, 11) is 1.53. The van der Waals surface area contributed by atoms with Crippen LogP contribution in [0.25, 0.3) is 0 Å². The highest BCUT2D eigenvalue weighted by Gasteiger charge is 2.31. The predicted molar refractivity (Wildman–Crippen MR) is 160 cm³/mol. The number of hydrazine groups is 1. The van der Waals surface area contributed by atoms with Gasteiger partial charge in [0.1, 0.15) is 24.7 Å². The number of carboxylic acids is 1. The Labute approximate surface area is 252 Å². The van der Waals surface area contributed by atoms with E-state index in [0.717, 1.165) is 0 Å². The first kappa shape index (κ1) is 38.8. The monoisotopic (exact) mass is 609 g/mol. The van der Waals surface area contributed by atoms with Crippen LogP contribution in [0.1, 0.15) is 65.9 Å². The van der Waals surface area contributed by atoms with Gasteiger partial charge in [0, 0.05) is 25.6 Å². The Hall–Kier alpha value is -4.24. The molecule has 1 aromatic carbocycles. The lowest BCUT2D eigenvalue weighted by Crippen LogP contribution is -2.58. The van der Waals surface area contributed by atoms with Crippen LogP contribution in [-0.2, 0) is 35.3 Å². The van der Waals surface area contributed by atoms with Crippen molar-refractivity contribution >= 4 is 41.4 Å². The summed E-state index contributed by atoms with van der Waals surface area (Å²) < 4.78 is 4.95. The van der Waals surface area contributed by atoms with Crippen LogP contribution in [0, 0.1) is 5.92 Å². The fourth-order valence-corrected chi connectivity index (χ4v) is 3.65. The summed E-state index contributed by atoms with van der Waals surface area (Å²) in [5, 5.41) is 19.4. The quantitative estimate of drug-likeness (QED) is 0.0661. The van der Waals surface area contributed by atoms with Gasteiger partial charge in [-0.25, -0.2) is 10.2 Å². The molecule has 242 valence electrons. The van der Waals surface area contributed by atoms with Gasteiger partial charge in [0.2, 0.25) is 17.7 Å². The molecule has 9 N–H and O–H groups in total. The summed E-state index contributed by atoms with van der Waals surface area (Å²) in [4.78, 5) is 72.3. The Morgan fingerprint density at radius 2 is 1.53 bits per heavy atom. The highest BCUT2D eigenvalue weighted by atomic mass is 16.5. The van der Waals surface area contributed by atoms with Gasteiger partial charge < -0.3 is 36.8 Å². The maximum absolute atomic E-state index is 13.3. The van der Waals surface area contributed by atoms with Gasteiger partial charge in [-0.1, -0.05) is 39.8 Å². The van der Waals surface area contributed by atoms with Crippen molar-refractivity contribution in [1.82, 2.24) is 26.8 Å². The van der Waals surface area contributed by atoms with Crippen LogP contribution in [0.15, 0.2) is 24.3 Å². The molecule has 43 heavy (non-hydrogen) atoms. The number of ether oxygens (including phenoxy) is 1. The summed E-state index contributed by atoms with van der Waals surface area (Å²) in [6.07, 6.45) is 0.165. The van der Waals surface area contributed by atoms with E-state index in [9.17, 15) is 28.8 Å². The zero-order valence-corrected chi connectivity index (χ0v) is 25.7. The first-order valence-corrected chi connectivity index (χ1v) is 14.1.